The fourth-order valence-electron chi connectivity index (χ4n) is 3.49. The third-order valence-electron chi connectivity index (χ3n) is 4.53. The minimum absolute atomic E-state index is 0.000446. The first-order valence-electron chi connectivity index (χ1n) is 8.48. The molecule has 3 rings (SSSR count). The van der Waals surface area contributed by atoms with Gasteiger partial charge in [-0.25, -0.2) is 13.2 Å². The Balaban J connectivity index is 1.79. The number of piperazine rings is 1. The standard InChI is InChI=1S/C17H25N3O4S/c1-17(2,3)24-16(21)20-8-7-19(10-13-5-4-6-18-9-13)14-11-25(22,23)12-15(14)20/h4-6,9,14-15H,7-8,10-12H2,1-3H3/t14-,15+/m0/s1. The average molecular weight is 367 g/mol. The average Bonchev–Trinajstić information content (AvgIpc) is 2.82. The number of sulfone groups is 1. The smallest absolute Gasteiger partial charge is 0.410 e. The van der Waals surface area contributed by atoms with Gasteiger partial charge in [-0.1, -0.05) is 6.07 Å². The van der Waals surface area contributed by atoms with Crippen LogP contribution in [-0.2, 0) is 21.1 Å². The third kappa shape index (κ3) is 4.30. The van der Waals surface area contributed by atoms with Crippen LogP contribution in [0.2, 0.25) is 0 Å². The molecule has 2 aliphatic heterocycles. The summed E-state index contributed by atoms with van der Waals surface area (Å²) in [6, 6.07) is 3.29. The van der Waals surface area contributed by atoms with E-state index in [-0.39, 0.29) is 23.6 Å². The summed E-state index contributed by atoms with van der Waals surface area (Å²) in [5.74, 6) is 0.0810. The number of amides is 1. The number of carbonyl (C=O) groups is 1. The molecule has 25 heavy (non-hydrogen) atoms. The van der Waals surface area contributed by atoms with Gasteiger partial charge in [-0.3, -0.25) is 9.88 Å². The molecule has 0 N–H and O–H groups in total. The topological polar surface area (TPSA) is 79.8 Å². The lowest BCUT2D eigenvalue weighted by Gasteiger charge is -2.43. The molecule has 1 aromatic heterocycles. The van der Waals surface area contributed by atoms with Crippen LogP contribution in [-0.4, -0.2) is 71.6 Å². The summed E-state index contributed by atoms with van der Waals surface area (Å²) < 4.78 is 29.9. The molecular weight excluding hydrogens is 342 g/mol. The van der Waals surface area contributed by atoms with Gasteiger partial charge in [-0.2, -0.15) is 0 Å². The van der Waals surface area contributed by atoms with E-state index in [0.717, 1.165) is 5.56 Å². The van der Waals surface area contributed by atoms with E-state index in [4.69, 9.17) is 4.74 Å². The van der Waals surface area contributed by atoms with Gasteiger partial charge < -0.3 is 9.64 Å². The van der Waals surface area contributed by atoms with Crippen molar-refractivity contribution in [2.45, 2.75) is 45.0 Å². The van der Waals surface area contributed by atoms with E-state index in [1.54, 1.807) is 17.3 Å². The van der Waals surface area contributed by atoms with Crippen molar-refractivity contribution >= 4 is 15.9 Å². The normalized spacial score (nSPS) is 26.3. The molecule has 8 heteroatoms. The maximum atomic E-state index is 12.5. The van der Waals surface area contributed by atoms with Gasteiger partial charge in [0.2, 0.25) is 0 Å². The monoisotopic (exact) mass is 367 g/mol. The van der Waals surface area contributed by atoms with E-state index in [2.05, 4.69) is 9.88 Å². The Morgan fingerprint density at radius 3 is 2.64 bits per heavy atom. The highest BCUT2D eigenvalue weighted by molar-refractivity contribution is 7.91. The van der Waals surface area contributed by atoms with Crippen molar-refractivity contribution in [2.75, 3.05) is 24.6 Å². The van der Waals surface area contributed by atoms with Crippen molar-refractivity contribution in [3.05, 3.63) is 30.1 Å². The van der Waals surface area contributed by atoms with Gasteiger partial charge in [0.1, 0.15) is 5.60 Å². The summed E-state index contributed by atoms with van der Waals surface area (Å²) in [6.45, 7) is 7.15. The fourth-order valence-corrected chi connectivity index (χ4v) is 5.51. The number of pyridine rings is 1. The van der Waals surface area contributed by atoms with Crippen molar-refractivity contribution in [3.63, 3.8) is 0 Å². The molecule has 0 aromatic carbocycles. The van der Waals surface area contributed by atoms with E-state index < -0.39 is 21.5 Å². The lowest BCUT2D eigenvalue weighted by molar-refractivity contribution is -0.0105. The van der Waals surface area contributed by atoms with Crippen molar-refractivity contribution in [2.24, 2.45) is 0 Å². The van der Waals surface area contributed by atoms with E-state index >= 15 is 0 Å². The zero-order valence-electron chi connectivity index (χ0n) is 14.9. The van der Waals surface area contributed by atoms with Gasteiger partial charge in [-0.05, 0) is 32.4 Å². The molecule has 0 bridgehead atoms. The van der Waals surface area contributed by atoms with E-state index in [1.165, 1.54) is 0 Å². The predicted molar refractivity (Wildman–Crippen MR) is 93.8 cm³/mol. The lowest BCUT2D eigenvalue weighted by Crippen LogP contribution is -2.60. The van der Waals surface area contributed by atoms with Gasteiger partial charge in [0, 0.05) is 38.1 Å². The fraction of sp³-hybridized carbons (Fsp3) is 0.647. The molecule has 0 unspecified atom stereocenters. The summed E-state index contributed by atoms with van der Waals surface area (Å²) in [7, 11) is -3.17. The number of hydrogen-bond donors (Lipinski definition) is 0. The Hall–Kier alpha value is -1.67. The lowest BCUT2D eigenvalue weighted by atomic mass is 10.0. The van der Waals surface area contributed by atoms with Crippen LogP contribution >= 0.6 is 0 Å². The highest BCUT2D eigenvalue weighted by Crippen LogP contribution is 2.29. The van der Waals surface area contributed by atoms with Gasteiger partial charge in [0.15, 0.2) is 9.84 Å². The summed E-state index contributed by atoms with van der Waals surface area (Å²) in [5.41, 5.74) is 0.438. The van der Waals surface area contributed by atoms with Crippen molar-refractivity contribution < 1.29 is 17.9 Å². The zero-order valence-corrected chi connectivity index (χ0v) is 15.7. The van der Waals surface area contributed by atoms with Crippen LogP contribution in [0.25, 0.3) is 0 Å². The summed E-state index contributed by atoms with van der Waals surface area (Å²) in [5, 5.41) is 0. The SMILES string of the molecule is CC(C)(C)OC(=O)N1CCN(Cc2cccnc2)[C@H]2CS(=O)(=O)C[C@H]21. The van der Waals surface area contributed by atoms with Gasteiger partial charge in [0.25, 0.3) is 0 Å². The number of ether oxygens (including phenoxy) is 1. The Morgan fingerprint density at radius 2 is 2.00 bits per heavy atom. The van der Waals surface area contributed by atoms with Gasteiger partial charge in [-0.15, -0.1) is 0 Å². The minimum Gasteiger partial charge on any atom is -0.444 e. The molecule has 0 saturated carbocycles. The molecule has 1 aromatic rings. The Kier molecular flexibility index (Phi) is 4.76. The minimum atomic E-state index is -3.17. The van der Waals surface area contributed by atoms with Crippen LogP contribution in [0.4, 0.5) is 4.79 Å². The molecule has 138 valence electrons. The summed E-state index contributed by atoms with van der Waals surface area (Å²) >= 11 is 0. The van der Waals surface area contributed by atoms with Gasteiger partial charge >= 0.3 is 6.09 Å². The molecule has 0 radical (unpaired) electrons. The maximum Gasteiger partial charge on any atom is 0.410 e. The molecular formula is C17H25N3O4S. The third-order valence-corrected chi connectivity index (χ3v) is 6.23. The van der Waals surface area contributed by atoms with Crippen molar-refractivity contribution in [1.29, 1.82) is 0 Å². The first kappa shape index (κ1) is 18.1. The Labute approximate surface area is 148 Å². The van der Waals surface area contributed by atoms with E-state index in [1.807, 2.05) is 32.9 Å². The second-order valence-corrected chi connectivity index (χ2v) is 9.87. The van der Waals surface area contributed by atoms with Crippen LogP contribution in [0.1, 0.15) is 26.3 Å². The number of fused-ring (bicyclic) bond motifs is 1. The zero-order chi connectivity index (χ0) is 18.2. The van der Waals surface area contributed by atoms with Crippen LogP contribution < -0.4 is 0 Å². The molecule has 0 spiro atoms. The predicted octanol–water partition coefficient (Wildman–Crippen LogP) is 1.30. The largest absolute Gasteiger partial charge is 0.444 e. The van der Waals surface area contributed by atoms with E-state index in [0.29, 0.717) is 19.6 Å². The second kappa shape index (κ2) is 6.57. The quantitative estimate of drug-likeness (QED) is 0.784. The first-order chi connectivity index (χ1) is 11.6. The molecule has 2 saturated heterocycles. The highest BCUT2D eigenvalue weighted by atomic mass is 32.2. The molecule has 2 aliphatic rings. The number of nitrogens with zero attached hydrogens (tertiary/aromatic N) is 3. The molecule has 7 nitrogen and oxygen atoms in total. The maximum absolute atomic E-state index is 12.5. The summed E-state index contributed by atoms with van der Waals surface area (Å²) in [4.78, 5) is 20.4. The summed E-state index contributed by atoms with van der Waals surface area (Å²) in [6.07, 6.45) is 3.08. The second-order valence-electron chi connectivity index (χ2n) is 7.72. The van der Waals surface area contributed by atoms with Gasteiger partial charge in [0.05, 0.1) is 17.5 Å². The Morgan fingerprint density at radius 1 is 1.28 bits per heavy atom. The van der Waals surface area contributed by atoms with Crippen LogP contribution in [0.3, 0.4) is 0 Å². The molecule has 2 fully saturated rings. The molecule has 3 heterocycles. The molecule has 1 amide bonds. The number of carbonyl (C=O) groups excluding carboxylic acids is 1. The van der Waals surface area contributed by atoms with Crippen LogP contribution in [0.5, 0.6) is 0 Å². The van der Waals surface area contributed by atoms with Crippen LogP contribution in [0.15, 0.2) is 24.5 Å². The van der Waals surface area contributed by atoms with Crippen molar-refractivity contribution in [1.82, 2.24) is 14.8 Å². The molecule has 2 atom stereocenters. The highest BCUT2D eigenvalue weighted by Gasteiger charge is 2.48. The molecule has 0 aliphatic carbocycles. The first-order valence-corrected chi connectivity index (χ1v) is 10.3. The number of aromatic nitrogens is 1. The van der Waals surface area contributed by atoms with Crippen LogP contribution in [0, 0.1) is 0 Å². The van der Waals surface area contributed by atoms with E-state index in [9.17, 15) is 13.2 Å². The van der Waals surface area contributed by atoms with Crippen molar-refractivity contribution in [3.8, 4) is 0 Å². The Bertz CT molecular complexity index is 730. The number of rotatable bonds is 2. The number of hydrogen-bond acceptors (Lipinski definition) is 6.